The quantitative estimate of drug-likeness (QED) is 0.208. The molecule has 0 aliphatic carbocycles. The largest absolute Gasteiger partial charge is 0.424 e. The average Bonchev–Trinajstić information content (AvgIpc) is 3.78. The zero-order chi connectivity index (χ0) is 32.3. The maximum Gasteiger partial charge on any atom is 0.292 e. The summed E-state index contributed by atoms with van der Waals surface area (Å²) in [4.78, 5) is 25.2. The molecule has 8 aromatic rings. The number of fused-ring (bicyclic) bond motifs is 4. The van der Waals surface area contributed by atoms with Gasteiger partial charge in [-0.15, -0.1) is 0 Å². The Labute approximate surface area is 260 Å². The summed E-state index contributed by atoms with van der Waals surface area (Å²) < 4.78 is 14.3. The van der Waals surface area contributed by atoms with Crippen molar-refractivity contribution >= 4 is 67.9 Å². The highest BCUT2D eigenvalue weighted by Crippen LogP contribution is 2.34. The molecule has 0 saturated carbocycles. The Morgan fingerprint density at radius 3 is 1.39 bits per heavy atom. The third-order valence-corrected chi connectivity index (χ3v) is 7.37. The van der Waals surface area contributed by atoms with E-state index >= 15 is 0 Å². The van der Waals surface area contributed by atoms with E-state index in [0.29, 0.717) is 45.1 Å². The number of nitrogens with zero attached hydrogens (tertiary/aromatic N) is 10. The zero-order valence-electron chi connectivity index (χ0n) is 25.4. The zero-order valence-corrected chi connectivity index (χ0v) is 25.4. The summed E-state index contributed by atoms with van der Waals surface area (Å²) >= 11 is 0. The van der Waals surface area contributed by atoms with E-state index < -0.39 is 0 Å². The SMILES string of the molecule is CC(C)n1nc(-c2ccc3oc(N)nc3c2)c2c(N)ncnc21.CC(C)n1nc(-c2ccc3oc(N)nc3c2)c2c(N)ncnc21. The maximum absolute atomic E-state index is 6.07. The molecule has 0 aliphatic heterocycles. The second-order valence-electron chi connectivity index (χ2n) is 11.2. The molecule has 8 rings (SSSR count). The van der Waals surface area contributed by atoms with Crippen LogP contribution in [0.25, 0.3) is 66.8 Å². The maximum atomic E-state index is 6.07. The van der Waals surface area contributed by atoms with E-state index in [1.165, 1.54) is 12.7 Å². The molecule has 8 N–H and O–H groups in total. The van der Waals surface area contributed by atoms with Gasteiger partial charge in [-0.25, -0.2) is 29.3 Å². The molecule has 0 atom stereocenters. The number of rotatable bonds is 4. The Bertz CT molecular complexity index is 2230. The molecule has 0 radical (unpaired) electrons. The minimum atomic E-state index is 0.137. The Morgan fingerprint density at radius 2 is 1.00 bits per heavy atom. The van der Waals surface area contributed by atoms with Gasteiger partial charge in [0.05, 0.1) is 10.8 Å². The summed E-state index contributed by atoms with van der Waals surface area (Å²) in [5.41, 5.74) is 30.5. The Balaban J connectivity index is 0.000000147. The van der Waals surface area contributed by atoms with Gasteiger partial charge in [0, 0.05) is 23.2 Å². The molecule has 0 unspecified atom stereocenters. The highest BCUT2D eigenvalue weighted by molar-refractivity contribution is 6.00. The van der Waals surface area contributed by atoms with Gasteiger partial charge in [-0.05, 0) is 64.1 Å². The van der Waals surface area contributed by atoms with E-state index in [1.807, 2.05) is 73.5 Å². The lowest BCUT2D eigenvalue weighted by molar-refractivity contribution is 0.548. The van der Waals surface area contributed by atoms with Gasteiger partial charge in [0.2, 0.25) is 0 Å². The average molecular weight is 619 g/mol. The summed E-state index contributed by atoms with van der Waals surface area (Å²) in [6, 6.07) is 11.7. The van der Waals surface area contributed by atoms with Crippen molar-refractivity contribution in [3.05, 3.63) is 49.1 Å². The number of nitrogen functional groups attached to an aromatic ring is 4. The van der Waals surface area contributed by atoms with Crippen molar-refractivity contribution in [2.24, 2.45) is 0 Å². The highest BCUT2D eigenvalue weighted by atomic mass is 16.4. The van der Waals surface area contributed by atoms with Gasteiger partial charge in [-0.2, -0.15) is 20.2 Å². The molecule has 46 heavy (non-hydrogen) atoms. The summed E-state index contributed by atoms with van der Waals surface area (Å²) in [5.74, 6) is 0.799. The van der Waals surface area contributed by atoms with E-state index in [4.69, 9.17) is 31.8 Å². The molecule has 0 fully saturated rings. The van der Waals surface area contributed by atoms with Crippen LogP contribution in [0.15, 0.2) is 57.9 Å². The van der Waals surface area contributed by atoms with Crippen molar-refractivity contribution in [2.75, 3.05) is 22.9 Å². The van der Waals surface area contributed by atoms with Crippen LogP contribution >= 0.6 is 0 Å². The van der Waals surface area contributed by atoms with Gasteiger partial charge in [0.15, 0.2) is 22.5 Å². The van der Waals surface area contributed by atoms with Crippen LogP contribution in [0.1, 0.15) is 39.8 Å². The van der Waals surface area contributed by atoms with Gasteiger partial charge < -0.3 is 31.8 Å². The molecule has 0 bridgehead atoms. The van der Waals surface area contributed by atoms with Crippen molar-refractivity contribution < 1.29 is 8.83 Å². The topological polar surface area (TPSA) is 243 Å². The van der Waals surface area contributed by atoms with Gasteiger partial charge in [-0.1, -0.05) is 0 Å². The third-order valence-electron chi connectivity index (χ3n) is 7.37. The van der Waals surface area contributed by atoms with Crippen LogP contribution in [0.3, 0.4) is 0 Å². The Kier molecular flexibility index (Phi) is 6.61. The van der Waals surface area contributed by atoms with Crippen LogP contribution in [0.5, 0.6) is 0 Å². The lowest BCUT2D eigenvalue weighted by atomic mass is 10.1. The van der Waals surface area contributed by atoms with E-state index in [0.717, 1.165) is 33.3 Å². The number of anilines is 4. The van der Waals surface area contributed by atoms with Gasteiger partial charge >= 0.3 is 0 Å². The Hall–Kier alpha value is -6.32. The first kappa shape index (κ1) is 28.5. The molecule has 2 aromatic carbocycles. The second kappa shape index (κ2) is 10.7. The minimum Gasteiger partial charge on any atom is -0.424 e. The molecular formula is C30H30N14O2. The summed E-state index contributed by atoms with van der Waals surface area (Å²) in [6.45, 7) is 8.15. The number of benzene rings is 2. The molecule has 16 nitrogen and oxygen atoms in total. The first-order valence-corrected chi connectivity index (χ1v) is 14.4. The number of oxazole rings is 2. The van der Waals surface area contributed by atoms with Crippen molar-refractivity contribution in [3.63, 3.8) is 0 Å². The summed E-state index contributed by atoms with van der Waals surface area (Å²) in [7, 11) is 0. The molecule has 16 heteroatoms. The molecule has 6 heterocycles. The standard InChI is InChI=1S/2C15H15N7O/c2*1-7(2)22-14-11(13(16)18-6-19-14)12(21-22)8-3-4-10-9(5-8)20-15(17)23-10/h2*3-7H,1-2H3,(H2,17,20)(H2,16,18,19). The van der Waals surface area contributed by atoms with Crippen LogP contribution in [-0.2, 0) is 0 Å². The van der Waals surface area contributed by atoms with E-state index in [9.17, 15) is 0 Å². The summed E-state index contributed by atoms with van der Waals surface area (Å²) in [5, 5.41) is 10.8. The minimum absolute atomic E-state index is 0.137. The smallest absolute Gasteiger partial charge is 0.292 e. The van der Waals surface area contributed by atoms with Crippen LogP contribution < -0.4 is 22.9 Å². The van der Waals surface area contributed by atoms with Crippen LogP contribution in [0.4, 0.5) is 23.7 Å². The molecule has 0 saturated heterocycles. The number of aromatic nitrogens is 10. The first-order chi connectivity index (χ1) is 22.1. The van der Waals surface area contributed by atoms with E-state index in [-0.39, 0.29) is 24.1 Å². The fraction of sp³-hybridized carbons (Fsp3) is 0.200. The van der Waals surface area contributed by atoms with Crippen molar-refractivity contribution in [1.29, 1.82) is 0 Å². The van der Waals surface area contributed by atoms with Gasteiger partial charge in [0.1, 0.15) is 46.7 Å². The van der Waals surface area contributed by atoms with Gasteiger partial charge in [-0.3, -0.25) is 0 Å². The predicted molar refractivity (Wildman–Crippen MR) is 175 cm³/mol. The number of nitrogens with two attached hydrogens (primary N) is 4. The number of hydrogen-bond acceptors (Lipinski definition) is 14. The van der Waals surface area contributed by atoms with Crippen molar-refractivity contribution in [3.8, 4) is 22.5 Å². The first-order valence-electron chi connectivity index (χ1n) is 14.4. The van der Waals surface area contributed by atoms with E-state index in [2.05, 4.69) is 40.1 Å². The van der Waals surface area contributed by atoms with Crippen LogP contribution in [0, 0.1) is 0 Å². The van der Waals surface area contributed by atoms with Crippen LogP contribution in [0.2, 0.25) is 0 Å². The lowest BCUT2D eigenvalue weighted by Gasteiger charge is -2.05. The Morgan fingerprint density at radius 1 is 0.587 bits per heavy atom. The lowest BCUT2D eigenvalue weighted by Crippen LogP contribution is -2.04. The molecule has 0 spiro atoms. The number of hydrogen-bond donors (Lipinski definition) is 4. The highest BCUT2D eigenvalue weighted by Gasteiger charge is 2.20. The molecule has 232 valence electrons. The molecular weight excluding hydrogens is 588 g/mol. The van der Waals surface area contributed by atoms with Crippen molar-refractivity contribution in [2.45, 2.75) is 39.8 Å². The predicted octanol–water partition coefficient (Wildman–Crippen LogP) is 4.76. The van der Waals surface area contributed by atoms with Crippen molar-refractivity contribution in [1.82, 2.24) is 49.5 Å². The summed E-state index contributed by atoms with van der Waals surface area (Å²) in [6.07, 6.45) is 2.90. The van der Waals surface area contributed by atoms with E-state index in [1.54, 1.807) is 0 Å². The third kappa shape index (κ3) is 4.72. The fourth-order valence-corrected chi connectivity index (χ4v) is 5.30. The van der Waals surface area contributed by atoms with Crippen LogP contribution in [-0.4, -0.2) is 49.5 Å². The monoisotopic (exact) mass is 618 g/mol. The second-order valence-corrected chi connectivity index (χ2v) is 11.2. The molecule has 6 aromatic heterocycles. The van der Waals surface area contributed by atoms with Gasteiger partial charge in [0.25, 0.3) is 12.0 Å². The molecule has 0 amide bonds. The molecule has 0 aliphatic rings. The fourth-order valence-electron chi connectivity index (χ4n) is 5.30. The normalized spacial score (nSPS) is 11.8.